The zero-order valence-electron chi connectivity index (χ0n) is 10.6. The van der Waals surface area contributed by atoms with Crippen molar-refractivity contribution in [3.8, 4) is 0 Å². The Kier molecular flexibility index (Phi) is 3.79. The first-order valence-corrected chi connectivity index (χ1v) is 5.99. The van der Waals surface area contributed by atoms with Crippen LogP contribution in [0.25, 0.3) is 10.8 Å². The molecule has 18 heavy (non-hydrogen) atoms. The molecule has 0 bridgehead atoms. The number of rotatable bonds is 2. The van der Waals surface area contributed by atoms with E-state index in [-0.39, 0.29) is 6.04 Å². The summed E-state index contributed by atoms with van der Waals surface area (Å²) >= 11 is 0. The lowest BCUT2D eigenvalue weighted by Crippen LogP contribution is -2.36. The van der Waals surface area contributed by atoms with Crippen molar-refractivity contribution in [2.45, 2.75) is 19.9 Å². The zero-order chi connectivity index (χ0) is 13.0. The molecule has 2 aromatic carbocycles. The minimum Gasteiger partial charge on any atom is -0.325 e. The van der Waals surface area contributed by atoms with Gasteiger partial charge in [-0.25, -0.2) is 10.8 Å². The van der Waals surface area contributed by atoms with Gasteiger partial charge in [-0.2, -0.15) is 0 Å². The summed E-state index contributed by atoms with van der Waals surface area (Å²) in [5.41, 5.74) is 3.53. The van der Waals surface area contributed by atoms with Gasteiger partial charge in [0.15, 0.2) is 0 Å². The van der Waals surface area contributed by atoms with E-state index in [0.29, 0.717) is 5.96 Å². The molecule has 0 aliphatic carbocycles. The van der Waals surface area contributed by atoms with E-state index < -0.39 is 0 Å². The van der Waals surface area contributed by atoms with Crippen LogP contribution in [0.1, 0.15) is 13.8 Å². The van der Waals surface area contributed by atoms with Crippen LogP contribution >= 0.6 is 0 Å². The number of hydrogen-bond acceptors (Lipinski definition) is 2. The minimum absolute atomic E-state index is 0.184. The van der Waals surface area contributed by atoms with E-state index in [2.05, 4.69) is 40.0 Å². The number of anilines is 1. The molecule has 0 unspecified atom stereocenters. The fourth-order valence-corrected chi connectivity index (χ4v) is 1.77. The summed E-state index contributed by atoms with van der Waals surface area (Å²) in [6.45, 7) is 4.00. The molecule has 0 spiro atoms. The van der Waals surface area contributed by atoms with E-state index in [9.17, 15) is 0 Å². The number of benzene rings is 2. The van der Waals surface area contributed by atoms with Crippen molar-refractivity contribution in [2.75, 3.05) is 5.32 Å². The first kappa shape index (κ1) is 12.4. The van der Waals surface area contributed by atoms with Gasteiger partial charge in [-0.3, -0.25) is 5.43 Å². The molecule has 4 heteroatoms. The van der Waals surface area contributed by atoms with Crippen molar-refractivity contribution < 1.29 is 0 Å². The molecule has 0 radical (unpaired) electrons. The van der Waals surface area contributed by atoms with Gasteiger partial charge in [-0.15, -0.1) is 0 Å². The quantitative estimate of drug-likeness (QED) is 0.328. The predicted octanol–water partition coefficient (Wildman–Crippen LogP) is 2.48. The summed E-state index contributed by atoms with van der Waals surface area (Å²) in [5, 5.41) is 5.56. The molecule has 0 saturated heterocycles. The molecule has 0 heterocycles. The first-order valence-electron chi connectivity index (χ1n) is 5.99. The number of hydrogen-bond donors (Lipinski definition) is 3. The third kappa shape index (κ3) is 2.99. The Balaban J connectivity index is 2.26. The van der Waals surface area contributed by atoms with Crippen LogP contribution in [0.4, 0.5) is 5.69 Å². The molecule has 0 aliphatic rings. The van der Waals surface area contributed by atoms with Crippen molar-refractivity contribution in [1.82, 2.24) is 5.43 Å². The maximum Gasteiger partial charge on any atom is 0.210 e. The summed E-state index contributed by atoms with van der Waals surface area (Å²) in [7, 11) is 0. The van der Waals surface area contributed by atoms with Crippen molar-refractivity contribution >= 4 is 22.4 Å². The Morgan fingerprint density at radius 1 is 1.11 bits per heavy atom. The lowest BCUT2D eigenvalue weighted by atomic mass is 10.1. The highest BCUT2D eigenvalue weighted by molar-refractivity contribution is 5.96. The first-order chi connectivity index (χ1) is 8.69. The van der Waals surface area contributed by atoms with Crippen LogP contribution in [-0.4, -0.2) is 12.0 Å². The second kappa shape index (κ2) is 5.51. The van der Waals surface area contributed by atoms with E-state index in [1.165, 1.54) is 10.8 Å². The van der Waals surface area contributed by atoms with E-state index in [1.54, 1.807) is 0 Å². The van der Waals surface area contributed by atoms with Gasteiger partial charge in [0.2, 0.25) is 5.96 Å². The predicted molar refractivity (Wildman–Crippen MR) is 77.5 cm³/mol. The summed E-state index contributed by atoms with van der Waals surface area (Å²) in [4.78, 5) is 4.34. The topological polar surface area (TPSA) is 62.4 Å². The fourth-order valence-electron chi connectivity index (χ4n) is 1.77. The normalized spacial score (nSPS) is 11.9. The van der Waals surface area contributed by atoms with Crippen LogP contribution in [0.2, 0.25) is 0 Å². The van der Waals surface area contributed by atoms with E-state index in [1.807, 2.05) is 32.0 Å². The minimum atomic E-state index is 0.184. The number of nitrogens with zero attached hydrogens (tertiary/aromatic N) is 1. The highest BCUT2D eigenvalue weighted by atomic mass is 15.3. The maximum absolute atomic E-state index is 5.44. The molecule has 0 atom stereocenters. The summed E-state index contributed by atoms with van der Waals surface area (Å²) in [6.07, 6.45) is 0. The Hall–Kier alpha value is -2.07. The van der Waals surface area contributed by atoms with Crippen molar-refractivity contribution in [1.29, 1.82) is 0 Å². The fraction of sp³-hybridized carbons (Fsp3) is 0.214. The molecule has 2 aromatic rings. The van der Waals surface area contributed by atoms with Crippen LogP contribution in [0, 0.1) is 0 Å². The van der Waals surface area contributed by atoms with Crippen LogP contribution in [-0.2, 0) is 0 Å². The Labute approximate surface area is 107 Å². The summed E-state index contributed by atoms with van der Waals surface area (Å²) in [6, 6.07) is 14.6. The third-order valence-corrected chi connectivity index (χ3v) is 2.54. The van der Waals surface area contributed by atoms with Gasteiger partial charge in [0, 0.05) is 11.7 Å². The van der Waals surface area contributed by atoms with Gasteiger partial charge in [0.1, 0.15) is 0 Å². The van der Waals surface area contributed by atoms with Crippen LogP contribution in [0.5, 0.6) is 0 Å². The van der Waals surface area contributed by atoms with Crippen molar-refractivity contribution in [2.24, 2.45) is 10.8 Å². The highest BCUT2D eigenvalue weighted by Crippen LogP contribution is 2.18. The third-order valence-electron chi connectivity index (χ3n) is 2.54. The molecule has 0 amide bonds. The Morgan fingerprint density at radius 2 is 1.83 bits per heavy atom. The molecule has 4 N–H and O–H groups in total. The molecule has 0 saturated carbocycles. The molecule has 0 aromatic heterocycles. The maximum atomic E-state index is 5.44. The van der Waals surface area contributed by atoms with Gasteiger partial charge < -0.3 is 5.32 Å². The average Bonchev–Trinajstić information content (AvgIpc) is 2.37. The number of nitrogens with one attached hydrogen (secondary N) is 2. The molecule has 0 fully saturated rings. The summed E-state index contributed by atoms with van der Waals surface area (Å²) < 4.78 is 0. The number of fused-ring (bicyclic) bond motifs is 1. The smallest absolute Gasteiger partial charge is 0.210 e. The molecule has 4 nitrogen and oxygen atoms in total. The molecular formula is C14H18N4. The van der Waals surface area contributed by atoms with Crippen molar-refractivity contribution in [3.63, 3.8) is 0 Å². The van der Waals surface area contributed by atoms with E-state index in [0.717, 1.165) is 5.69 Å². The second-order valence-electron chi connectivity index (χ2n) is 4.40. The Morgan fingerprint density at radius 3 is 2.50 bits per heavy atom. The largest absolute Gasteiger partial charge is 0.325 e. The number of hydrazine groups is 1. The lowest BCUT2D eigenvalue weighted by Gasteiger charge is -2.11. The SMILES string of the molecule is CC(C)N=C(NN)Nc1ccc2ccccc2c1. The van der Waals surface area contributed by atoms with E-state index >= 15 is 0 Å². The zero-order valence-corrected chi connectivity index (χ0v) is 10.6. The molecule has 0 aliphatic heterocycles. The molecular weight excluding hydrogens is 224 g/mol. The number of nitrogens with two attached hydrogens (primary N) is 1. The average molecular weight is 242 g/mol. The van der Waals surface area contributed by atoms with Gasteiger partial charge in [-0.05, 0) is 36.8 Å². The van der Waals surface area contributed by atoms with E-state index in [4.69, 9.17) is 5.84 Å². The standard InChI is InChI=1S/C14H18N4/c1-10(2)16-14(18-15)17-13-8-7-11-5-3-4-6-12(11)9-13/h3-10H,15H2,1-2H3,(H2,16,17,18). The Bertz CT molecular complexity index is 560. The lowest BCUT2D eigenvalue weighted by molar-refractivity contribution is 0.819. The second-order valence-corrected chi connectivity index (χ2v) is 4.40. The van der Waals surface area contributed by atoms with Crippen molar-refractivity contribution in [3.05, 3.63) is 42.5 Å². The van der Waals surface area contributed by atoms with Gasteiger partial charge >= 0.3 is 0 Å². The van der Waals surface area contributed by atoms with Crippen LogP contribution in [0.3, 0.4) is 0 Å². The van der Waals surface area contributed by atoms with Crippen LogP contribution in [0.15, 0.2) is 47.5 Å². The van der Waals surface area contributed by atoms with Gasteiger partial charge in [0.05, 0.1) is 0 Å². The van der Waals surface area contributed by atoms with Crippen LogP contribution < -0.4 is 16.6 Å². The van der Waals surface area contributed by atoms with Gasteiger partial charge in [-0.1, -0.05) is 30.3 Å². The number of aliphatic imine (C=N–C) groups is 1. The number of guanidine groups is 1. The molecule has 2 rings (SSSR count). The monoisotopic (exact) mass is 242 g/mol. The van der Waals surface area contributed by atoms with Gasteiger partial charge in [0.25, 0.3) is 0 Å². The summed E-state index contributed by atoms with van der Waals surface area (Å²) in [5.74, 6) is 6.01. The highest BCUT2D eigenvalue weighted by Gasteiger charge is 2.00. The molecule has 94 valence electrons.